The quantitative estimate of drug-likeness (QED) is 0.0321. The lowest BCUT2D eigenvalue weighted by Crippen LogP contribution is -2.45. The maximum atomic E-state index is 12.4. The normalized spacial score (nSPS) is 12.6. The van der Waals surface area contributed by atoms with Gasteiger partial charge in [0.05, 0.1) is 25.4 Å². The molecule has 0 saturated heterocycles. The molecule has 3 N–H and O–H groups in total. The number of rotatable bonds is 53. The SMILES string of the molecule is CCCCCCCCCCCCCCCCCCCCCC(=O)OCCCCCCCCCCC/C=C\CCCCCCCC(=O)NC(CO)C(O)CCCCCCCCCCC. The fraction of sp³-hybridized carbons (Fsp3) is 0.930. The van der Waals surface area contributed by atoms with Crippen LogP contribution < -0.4 is 5.32 Å². The van der Waals surface area contributed by atoms with Gasteiger partial charge in [0, 0.05) is 12.8 Å². The second-order valence-electron chi connectivity index (χ2n) is 19.6. The van der Waals surface area contributed by atoms with E-state index in [1.54, 1.807) is 0 Å². The smallest absolute Gasteiger partial charge is 0.305 e. The van der Waals surface area contributed by atoms with E-state index < -0.39 is 12.1 Å². The highest BCUT2D eigenvalue weighted by molar-refractivity contribution is 5.76. The van der Waals surface area contributed by atoms with Crippen molar-refractivity contribution in [1.82, 2.24) is 5.32 Å². The maximum absolute atomic E-state index is 12.4. The van der Waals surface area contributed by atoms with Crippen molar-refractivity contribution in [3.8, 4) is 0 Å². The van der Waals surface area contributed by atoms with Gasteiger partial charge in [-0.1, -0.05) is 264 Å². The predicted molar refractivity (Wildman–Crippen MR) is 273 cm³/mol. The molecule has 0 fully saturated rings. The van der Waals surface area contributed by atoms with Gasteiger partial charge in [-0.3, -0.25) is 9.59 Å². The van der Waals surface area contributed by atoms with E-state index in [4.69, 9.17) is 4.74 Å². The van der Waals surface area contributed by atoms with Gasteiger partial charge in [-0.25, -0.2) is 0 Å². The zero-order chi connectivity index (χ0) is 45.8. The minimum absolute atomic E-state index is 0.00785. The molecule has 2 atom stereocenters. The van der Waals surface area contributed by atoms with E-state index in [-0.39, 0.29) is 18.5 Å². The number of hydrogen-bond acceptors (Lipinski definition) is 5. The molecule has 374 valence electrons. The van der Waals surface area contributed by atoms with Crippen LogP contribution >= 0.6 is 0 Å². The average molecular weight is 891 g/mol. The molecule has 2 unspecified atom stereocenters. The van der Waals surface area contributed by atoms with Crippen LogP contribution in [0.5, 0.6) is 0 Å². The number of carbonyl (C=O) groups excluding carboxylic acids is 2. The first-order valence-corrected chi connectivity index (χ1v) is 28.4. The van der Waals surface area contributed by atoms with Crippen LogP contribution in [0.15, 0.2) is 12.2 Å². The minimum Gasteiger partial charge on any atom is -0.466 e. The molecule has 6 nitrogen and oxygen atoms in total. The summed E-state index contributed by atoms with van der Waals surface area (Å²) in [7, 11) is 0. The topological polar surface area (TPSA) is 95.9 Å². The molecule has 0 heterocycles. The third kappa shape index (κ3) is 49.9. The van der Waals surface area contributed by atoms with Crippen molar-refractivity contribution in [1.29, 1.82) is 0 Å². The first-order valence-electron chi connectivity index (χ1n) is 28.4. The lowest BCUT2D eigenvalue weighted by molar-refractivity contribution is -0.143. The summed E-state index contributed by atoms with van der Waals surface area (Å²) < 4.78 is 5.49. The predicted octanol–water partition coefficient (Wildman–Crippen LogP) is 17.3. The molecule has 6 heteroatoms. The first-order chi connectivity index (χ1) is 31.0. The summed E-state index contributed by atoms with van der Waals surface area (Å²) in [5, 5.41) is 23.1. The van der Waals surface area contributed by atoms with Crippen molar-refractivity contribution in [2.45, 2.75) is 328 Å². The number of amides is 1. The summed E-state index contributed by atoms with van der Waals surface area (Å²) in [5.41, 5.74) is 0. The van der Waals surface area contributed by atoms with E-state index in [0.29, 0.717) is 25.9 Å². The Morgan fingerprint density at radius 2 is 0.746 bits per heavy atom. The number of ether oxygens (including phenoxy) is 1. The fourth-order valence-corrected chi connectivity index (χ4v) is 8.93. The lowest BCUT2D eigenvalue weighted by atomic mass is 10.0. The summed E-state index contributed by atoms with van der Waals surface area (Å²) >= 11 is 0. The van der Waals surface area contributed by atoms with Crippen LogP contribution in [0, 0.1) is 0 Å². The van der Waals surface area contributed by atoms with Crippen molar-refractivity contribution in [2.75, 3.05) is 13.2 Å². The van der Waals surface area contributed by atoms with Gasteiger partial charge in [-0.15, -0.1) is 0 Å². The third-order valence-electron chi connectivity index (χ3n) is 13.3. The van der Waals surface area contributed by atoms with E-state index in [0.717, 1.165) is 51.4 Å². The van der Waals surface area contributed by atoms with E-state index in [1.807, 2.05) is 0 Å². The number of unbranched alkanes of at least 4 members (excludes halogenated alkanes) is 40. The number of esters is 1. The monoisotopic (exact) mass is 890 g/mol. The second kappa shape index (κ2) is 53.2. The lowest BCUT2D eigenvalue weighted by Gasteiger charge is -2.22. The van der Waals surface area contributed by atoms with Gasteiger partial charge in [0.1, 0.15) is 0 Å². The van der Waals surface area contributed by atoms with Crippen LogP contribution in [-0.2, 0) is 14.3 Å². The Morgan fingerprint density at radius 3 is 1.13 bits per heavy atom. The Hall–Kier alpha value is -1.40. The highest BCUT2D eigenvalue weighted by Crippen LogP contribution is 2.17. The average Bonchev–Trinajstić information content (AvgIpc) is 3.28. The van der Waals surface area contributed by atoms with Crippen LogP contribution in [0.4, 0.5) is 0 Å². The van der Waals surface area contributed by atoms with E-state index in [2.05, 4.69) is 31.3 Å². The number of allylic oxidation sites excluding steroid dienone is 2. The standard InChI is InChI=1S/C57H111NO5/c1-3-5-7-9-11-13-14-15-16-17-18-22-25-28-31-35-39-43-47-51-57(62)63-52-48-44-40-36-32-29-26-23-20-19-21-24-27-30-34-38-42-46-50-56(61)58-54(53-59)55(60)49-45-41-37-33-12-10-8-6-4-2/h21,24,54-55,59-60H,3-20,22-23,25-53H2,1-2H3,(H,58,61)/b24-21-. The molecule has 0 saturated carbocycles. The van der Waals surface area contributed by atoms with Gasteiger partial charge >= 0.3 is 5.97 Å². The molecule has 0 radical (unpaired) electrons. The van der Waals surface area contributed by atoms with Crippen LogP contribution in [0.3, 0.4) is 0 Å². The van der Waals surface area contributed by atoms with Gasteiger partial charge in [-0.05, 0) is 51.4 Å². The van der Waals surface area contributed by atoms with Gasteiger partial charge in [-0.2, -0.15) is 0 Å². The number of nitrogens with one attached hydrogen (secondary N) is 1. The highest BCUT2D eigenvalue weighted by Gasteiger charge is 2.20. The van der Waals surface area contributed by atoms with Crippen LogP contribution in [0.1, 0.15) is 316 Å². The molecule has 0 aromatic heterocycles. The van der Waals surface area contributed by atoms with E-state index in [1.165, 1.54) is 231 Å². The maximum Gasteiger partial charge on any atom is 0.305 e. The van der Waals surface area contributed by atoms with E-state index in [9.17, 15) is 19.8 Å². The zero-order valence-electron chi connectivity index (χ0n) is 42.6. The molecule has 1 amide bonds. The Labute approximate surface area is 393 Å². The van der Waals surface area contributed by atoms with Crippen LogP contribution in [0.25, 0.3) is 0 Å². The molecule has 0 aliphatic heterocycles. The Kier molecular flexibility index (Phi) is 52.0. The Morgan fingerprint density at radius 1 is 0.429 bits per heavy atom. The number of aliphatic hydroxyl groups excluding tert-OH is 2. The van der Waals surface area contributed by atoms with Crippen molar-refractivity contribution in [3.63, 3.8) is 0 Å². The van der Waals surface area contributed by atoms with Gasteiger partial charge < -0.3 is 20.3 Å². The van der Waals surface area contributed by atoms with Gasteiger partial charge in [0.15, 0.2) is 0 Å². The van der Waals surface area contributed by atoms with Crippen molar-refractivity contribution in [3.05, 3.63) is 12.2 Å². The molecule has 0 bridgehead atoms. The van der Waals surface area contributed by atoms with E-state index >= 15 is 0 Å². The summed E-state index contributed by atoms with van der Waals surface area (Å²) in [4.78, 5) is 24.5. The highest BCUT2D eigenvalue weighted by atomic mass is 16.5. The molecular formula is C57H111NO5. The molecule has 0 aromatic rings. The molecular weight excluding hydrogens is 779 g/mol. The van der Waals surface area contributed by atoms with Crippen LogP contribution in [0.2, 0.25) is 0 Å². The molecule has 0 aromatic carbocycles. The van der Waals surface area contributed by atoms with Crippen LogP contribution in [-0.4, -0.2) is 47.4 Å². The molecule has 0 spiro atoms. The number of carbonyl (C=O) groups is 2. The Bertz CT molecular complexity index is 939. The Balaban J connectivity index is 3.38. The van der Waals surface area contributed by atoms with Crippen molar-refractivity contribution < 1.29 is 24.5 Å². The summed E-state index contributed by atoms with van der Waals surface area (Å²) in [6.45, 7) is 4.93. The van der Waals surface area contributed by atoms with Crippen molar-refractivity contribution in [2.24, 2.45) is 0 Å². The first kappa shape index (κ1) is 61.6. The molecule has 63 heavy (non-hydrogen) atoms. The minimum atomic E-state index is -0.670. The molecule has 0 aliphatic carbocycles. The number of hydrogen-bond donors (Lipinski definition) is 3. The van der Waals surface area contributed by atoms with Crippen molar-refractivity contribution >= 4 is 11.9 Å². The second-order valence-corrected chi connectivity index (χ2v) is 19.6. The molecule has 0 aliphatic rings. The number of aliphatic hydroxyl groups is 2. The van der Waals surface area contributed by atoms with Gasteiger partial charge in [0.25, 0.3) is 0 Å². The fourth-order valence-electron chi connectivity index (χ4n) is 8.93. The summed E-state index contributed by atoms with van der Waals surface area (Å²) in [5.74, 6) is -0.0430. The third-order valence-corrected chi connectivity index (χ3v) is 13.3. The zero-order valence-corrected chi connectivity index (χ0v) is 42.6. The largest absolute Gasteiger partial charge is 0.466 e. The van der Waals surface area contributed by atoms with Gasteiger partial charge in [0.2, 0.25) is 5.91 Å². The molecule has 0 rings (SSSR count). The summed E-state index contributed by atoms with van der Waals surface area (Å²) in [6, 6.07) is -0.548. The summed E-state index contributed by atoms with van der Waals surface area (Å²) in [6.07, 6.45) is 62.1.